The Balaban J connectivity index is 0.000000236. The second kappa shape index (κ2) is 7.14. The minimum Gasteiger partial charge on any atom is -0.475 e. The normalized spacial score (nSPS) is 13.5. The van der Waals surface area contributed by atoms with Crippen molar-refractivity contribution in [3.8, 4) is 11.5 Å². The third-order valence-electron chi connectivity index (χ3n) is 2.94. The van der Waals surface area contributed by atoms with Crippen molar-refractivity contribution in [2.24, 2.45) is 0 Å². The van der Waals surface area contributed by atoms with E-state index in [1.54, 1.807) is 6.20 Å². The minimum atomic E-state index is -5.08. The van der Waals surface area contributed by atoms with Crippen LogP contribution in [0.25, 0.3) is 11.5 Å². The highest BCUT2D eigenvalue weighted by molar-refractivity contribution is 5.73. The summed E-state index contributed by atoms with van der Waals surface area (Å²) in [7, 11) is 0. The fraction of sp³-hybridized carbons (Fsp3) is 0.286. The quantitative estimate of drug-likeness (QED) is 0.831. The third-order valence-corrected chi connectivity index (χ3v) is 2.94. The number of fused-ring (bicyclic) bond motifs is 1. The molecule has 1 aliphatic heterocycles. The van der Waals surface area contributed by atoms with Crippen molar-refractivity contribution in [3.63, 3.8) is 0 Å². The average Bonchev–Trinajstić information content (AvgIpc) is 2.55. The first-order valence-corrected chi connectivity index (χ1v) is 6.65. The molecular formula is C14H13F3N4O2. The van der Waals surface area contributed by atoms with Gasteiger partial charge < -0.3 is 10.4 Å². The zero-order valence-corrected chi connectivity index (χ0v) is 11.8. The van der Waals surface area contributed by atoms with Crippen molar-refractivity contribution < 1.29 is 23.1 Å². The Morgan fingerprint density at radius 1 is 1.26 bits per heavy atom. The predicted molar refractivity (Wildman–Crippen MR) is 74.4 cm³/mol. The van der Waals surface area contributed by atoms with Crippen molar-refractivity contribution in [2.75, 3.05) is 6.54 Å². The summed E-state index contributed by atoms with van der Waals surface area (Å²) in [6.07, 6.45) is -0.449. The van der Waals surface area contributed by atoms with Crippen LogP contribution in [-0.2, 0) is 17.8 Å². The number of carbonyl (C=O) groups is 1. The van der Waals surface area contributed by atoms with Gasteiger partial charge in [0.05, 0.1) is 5.69 Å². The van der Waals surface area contributed by atoms with Gasteiger partial charge in [0, 0.05) is 37.5 Å². The van der Waals surface area contributed by atoms with Gasteiger partial charge in [-0.25, -0.2) is 14.8 Å². The van der Waals surface area contributed by atoms with Crippen LogP contribution in [0.4, 0.5) is 13.2 Å². The molecule has 3 heterocycles. The van der Waals surface area contributed by atoms with Crippen molar-refractivity contribution in [1.82, 2.24) is 20.3 Å². The zero-order valence-electron chi connectivity index (χ0n) is 11.8. The van der Waals surface area contributed by atoms with Crippen LogP contribution in [0.1, 0.15) is 11.3 Å². The van der Waals surface area contributed by atoms with Gasteiger partial charge >= 0.3 is 12.1 Å². The van der Waals surface area contributed by atoms with E-state index in [4.69, 9.17) is 9.90 Å². The predicted octanol–water partition coefficient (Wildman–Crippen LogP) is 1.82. The van der Waals surface area contributed by atoms with Crippen molar-refractivity contribution in [2.45, 2.75) is 19.1 Å². The standard InChI is InChI=1S/C12H12N4.C2HF3O2/c1-2-5-14-11(3-1)12-15-8-9-7-13-6-4-10(9)16-12;3-2(4,5)1(6)7/h1-3,5,8,13H,4,6-7H2;(H,6,7). The van der Waals surface area contributed by atoms with Crippen LogP contribution < -0.4 is 5.32 Å². The number of hydrogen-bond acceptors (Lipinski definition) is 5. The summed E-state index contributed by atoms with van der Waals surface area (Å²) in [5, 5.41) is 10.4. The molecule has 0 radical (unpaired) electrons. The Morgan fingerprint density at radius 2 is 2.00 bits per heavy atom. The highest BCUT2D eigenvalue weighted by atomic mass is 19.4. The van der Waals surface area contributed by atoms with Crippen LogP contribution in [0.5, 0.6) is 0 Å². The first-order valence-electron chi connectivity index (χ1n) is 6.65. The molecule has 3 rings (SSSR count). The van der Waals surface area contributed by atoms with E-state index in [2.05, 4.69) is 20.3 Å². The van der Waals surface area contributed by atoms with E-state index in [0.29, 0.717) is 0 Å². The van der Waals surface area contributed by atoms with Gasteiger partial charge in [0.25, 0.3) is 0 Å². The number of pyridine rings is 1. The van der Waals surface area contributed by atoms with E-state index in [1.165, 1.54) is 5.56 Å². The van der Waals surface area contributed by atoms with E-state index in [-0.39, 0.29) is 0 Å². The molecule has 1 aliphatic rings. The van der Waals surface area contributed by atoms with Crippen LogP contribution in [0.15, 0.2) is 30.6 Å². The Bertz CT molecular complexity index is 677. The molecule has 0 saturated carbocycles. The molecule has 0 amide bonds. The highest BCUT2D eigenvalue weighted by Crippen LogP contribution is 2.16. The summed E-state index contributed by atoms with van der Waals surface area (Å²) in [5.41, 5.74) is 3.18. The number of nitrogens with zero attached hydrogens (tertiary/aromatic N) is 3. The molecule has 6 nitrogen and oxygen atoms in total. The number of hydrogen-bond donors (Lipinski definition) is 2. The molecule has 0 saturated heterocycles. The zero-order chi connectivity index (χ0) is 16.9. The van der Waals surface area contributed by atoms with Gasteiger partial charge in [0.15, 0.2) is 5.82 Å². The van der Waals surface area contributed by atoms with E-state index in [9.17, 15) is 13.2 Å². The number of nitrogens with one attached hydrogen (secondary N) is 1. The average molecular weight is 326 g/mol. The summed E-state index contributed by atoms with van der Waals surface area (Å²) in [5.74, 6) is -2.03. The molecule has 9 heteroatoms. The molecular weight excluding hydrogens is 313 g/mol. The molecule has 0 unspecified atom stereocenters. The smallest absolute Gasteiger partial charge is 0.475 e. The van der Waals surface area contributed by atoms with E-state index in [0.717, 1.165) is 36.7 Å². The highest BCUT2D eigenvalue weighted by Gasteiger charge is 2.38. The Morgan fingerprint density at radius 3 is 2.61 bits per heavy atom. The fourth-order valence-electron chi connectivity index (χ4n) is 1.85. The lowest BCUT2D eigenvalue weighted by Gasteiger charge is -2.15. The molecule has 122 valence electrons. The van der Waals surface area contributed by atoms with Crippen molar-refractivity contribution in [1.29, 1.82) is 0 Å². The van der Waals surface area contributed by atoms with Crippen LogP contribution in [-0.4, -0.2) is 38.7 Å². The SMILES string of the molecule is O=C(O)C(F)(F)F.c1ccc(-c2ncc3c(n2)CCNC3)nc1. The molecule has 0 aromatic carbocycles. The van der Waals surface area contributed by atoms with Crippen LogP contribution in [0.3, 0.4) is 0 Å². The van der Waals surface area contributed by atoms with Crippen LogP contribution >= 0.6 is 0 Å². The largest absolute Gasteiger partial charge is 0.490 e. The topological polar surface area (TPSA) is 88.0 Å². The fourth-order valence-corrected chi connectivity index (χ4v) is 1.85. The van der Waals surface area contributed by atoms with Crippen molar-refractivity contribution >= 4 is 5.97 Å². The maximum Gasteiger partial charge on any atom is 0.490 e. The molecule has 2 N–H and O–H groups in total. The Kier molecular flexibility index (Phi) is 5.22. The van der Waals surface area contributed by atoms with Gasteiger partial charge in [0.1, 0.15) is 5.69 Å². The molecule has 0 fully saturated rings. The summed E-state index contributed by atoms with van der Waals surface area (Å²) in [6, 6.07) is 5.78. The number of carboxylic acid groups (broad SMARTS) is 1. The maximum atomic E-state index is 10.6. The van der Waals surface area contributed by atoms with E-state index >= 15 is 0 Å². The van der Waals surface area contributed by atoms with Gasteiger partial charge in [-0.1, -0.05) is 6.07 Å². The number of carboxylic acids is 1. The summed E-state index contributed by atoms with van der Waals surface area (Å²) in [4.78, 5) is 22.1. The minimum absolute atomic E-state index is 0.723. The Labute approximate surface area is 129 Å². The summed E-state index contributed by atoms with van der Waals surface area (Å²) < 4.78 is 31.7. The monoisotopic (exact) mass is 326 g/mol. The van der Waals surface area contributed by atoms with Gasteiger partial charge in [0.2, 0.25) is 0 Å². The molecule has 0 bridgehead atoms. The molecule has 23 heavy (non-hydrogen) atoms. The number of halogens is 3. The van der Waals surface area contributed by atoms with Crippen molar-refractivity contribution in [3.05, 3.63) is 41.9 Å². The lowest BCUT2D eigenvalue weighted by Crippen LogP contribution is -2.25. The second-order valence-corrected chi connectivity index (χ2v) is 4.61. The first-order chi connectivity index (χ1) is 10.9. The first kappa shape index (κ1) is 16.8. The van der Waals surface area contributed by atoms with Gasteiger partial charge in [-0.3, -0.25) is 4.98 Å². The maximum absolute atomic E-state index is 10.6. The third kappa shape index (κ3) is 4.71. The number of rotatable bonds is 1. The van der Waals surface area contributed by atoms with E-state index in [1.807, 2.05) is 24.4 Å². The molecule has 0 aliphatic carbocycles. The number of aromatic nitrogens is 3. The second-order valence-electron chi connectivity index (χ2n) is 4.61. The van der Waals surface area contributed by atoms with E-state index < -0.39 is 12.1 Å². The van der Waals surface area contributed by atoms with Gasteiger partial charge in [-0.15, -0.1) is 0 Å². The molecule has 0 atom stereocenters. The van der Waals surface area contributed by atoms with Crippen LogP contribution in [0, 0.1) is 0 Å². The number of alkyl halides is 3. The van der Waals surface area contributed by atoms with Gasteiger partial charge in [-0.05, 0) is 12.1 Å². The Hall–Kier alpha value is -2.55. The molecule has 2 aromatic rings. The summed E-state index contributed by atoms with van der Waals surface area (Å²) in [6.45, 7) is 1.86. The lowest BCUT2D eigenvalue weighted by atomic mass is 10.1. The van der Waals surface area contributed by atoms with Gasteiger partial charge in [-0.2, -0.15) is 13.2 Å². The lowest BCUT2D eigenvalue weighted by molar-refractivity contribution is -0.192. The summed E-state index contributed by atoms with van der Waals surface area (Å²) >= 11 is 0. The molecule has 2 aromatic heterocycles. The number of aliphatic carboxylic acids is 1. The molecule has 0 spiro atoms. The van der Waals surface area contributed by atoms with Crippen LogP contribution in [0.2, 0.25) is 0 Å².